The molecule has 0 saturated heterocycles. The van der Waals surface area contributed by atoms with E-state index in [0.717, 1.165) is 11.4 Å². The zero-order valence-corrected chi connectivity index (χ0v) is 10.00. The molecule has 0 spiro atoms. The number of aromatic nitrogens is 3. The third kappa shape index (κ3) is 2.06. The van der Waals surface area contributed by atoms with Crippen LogP contribution in [-0.4, -0.2) is 20.5 Å². The van der Waals surface area contributed by atoms with Crippen LogP contribution in [-0.2, 0) is 11.3 Å². The molecule has 2 aromatic rings. The fraction of sp³-hybridized carbons (Fsp3) is 0.364. The predicted molar refractivity (Wildman–Crippen MR) is 62.8 cm³/mol. The molecule has 0 unspecified atom stereocenters. The minimum absolute atomic E-state index is 0.166. The Hall–Kier alpha value is -2.11. The molecular weight excluding hydrogens is 220 g/mol. The standard InChI is InChI=1S/C11H14N4O2/c1-6-4-10-13-11(17)9(5-12-8(3)16)7(2)15(10)14-6/h4H,5H2,1-3H3,(H,12,16)(H,13,17). The van der Waals surface area contributed by atoms with E-state index in [0.29, 0.717) is 11.2 Å². The van der Waals surface area contributed by atoms with Crippen LogP contribution in [0.5, 0.6) is 0 Å². The van der Waals surface area contributed by atoms with Gasteiger partial charge in [0.05, 0.1) is 17.0 Å². The summed E-state index contributed by atoms with van der Waals surface area (Å²) in [6.07, 6.45) is 0. The normalized spacial score (nSPS) is 10.8. The van der Waals surface area contributed by atoms with Crippen LogP contribution in [0.4, 0.5) is 0 Å². The van der Waals surface area contributed by atoms with Crippen LogP contribution >= 0.6 is 0 Å². The number of nitrogens with one attached hydrogen (secondary N) is 2. The first kappa shape index (κ1) is 11.4. The van der Waals surface area contributed by atoms with Gasteiger partial charge in [-0.25, -0.2) is 4.52 Å². The Morgan fingerprint density at radius 2 is 2.24 bits per heavy atom. The maximum absolute atomic E-state index is 11.8. The molecule has 1 amide bonds. The Kier molecular flexibility index (Phi) is 2.71. The molecule has 0 radical (unpaired) electrons. The van der Waals surface area contributed by atoms with E-state index in [4.69, 9.17) is 0 Å². The molecule has 2 aromatic heterocycles. The number of hydrogen-bond donors (Lipinski definition) is 2. The van der Waals surface area contributed by atoms with Gasteiger partial charge in [-0.2, -0.15) is 5.10 Å². The number of aromatic amines is 1. The second kappa shape index (κ2) is 4.04. The molecule has 2 rings (SSSR count). The van der Waals surface area contributed by atoms with Gasteiger partial charge in [0.15, 0.2) is 0 Å². The van der Waals surface area contributed by atoms with Crippen LogP contribution in [0, 0.1) is 13.8 Å². The maximum Gasteiger partial charge on any atom is 0.256 e. The molecule has 0 aliphatic rings. The first-order valence-electron chi connectivity index (χ1n) is 5.31. The van der Waals surface area contributed by atoms with Crippen molar-refractivity contribution in [3.8, 4) is 0 Å². The molecule has 0 bridgehead atoms. The molecule has 0 saturated carbocycles. The molecule has 0 aromatic carbocycles. The van der Waals surface area contributed by atoms with Crippen LogP contribution in [0.1, 0.15) is 23.9 Å². The highest BCUT2D eigenvalue weighted by Gasteiger charge is 2.10. The van der Waals surface area contributed by atoms with Gasteiger partial charge in [-0.1, -0.05) is 0 Å². The molecule has 2 N–H and O–H groups in total. The van der Waals surface area contributed by atoms with Crippen molar-refractivity contribution in [3.05, 3.63) is 33.4 Å². The third-order valence-electron chi connectivity index (χ3n) is 2.62. The minimum atomic E-state index is -0.191. The van der Waals surface area contributed by atoms with E-state index in [9.17, 15) is 9.59 Å². The van der Waals surface area contributed by atoms with Gasteiger partial charge >= 0.3 is 0 Å². The van der Waals surface area contributed by atoms with Crippen LogP contribution in [0.2, 0.25) is 0 Å². The van der Waals surface area contributed by atoms with Crippen molar-refractivity contribution < 1.29 is 4.79 Å². The highest BCUT2D eigenvalue weighted by molar-refractivity contribution is 5.72. The lowest BCUT2D eigenvalue weighted by Crippen LogP contribution is -2.27. The van der Waals surface area contributed by atoms with E-state index in [-0.39, 0.29) is 18.0 Å². The lowest BCUT2D eigenvalue weighted by molar-refractivity contribution is -0.119. The Bertz CT molecular complexity index is 639. The summed E-state index contributed by atoms with van der Waals surface area (Å²) in [5, 5.41) is 6.89. The Labute approximate surface area is 97.7 Å². The number of hydrogen-bond acceptors (Lipinski definition) is 3. The number of rotatable bonds is 2. The average molecular weight is 234 g/mol. The zero-order chi connectivity index (χ0) is 12.6. The van der Waals surface area contributed by atoms with Crippen molar-refractivity contribution in [3.63, 3.8) is 0 Å². The second-order valence-corrected chi connectivity index (χ2v) is 4.01. The molecule has 0 fully saturated rings. The summed E-state index contributed by atoms with van der Waals surface area (Å²) >= 11 is 0. The number of carbonyl (C=O) groups excluding carboxylic acids is 1. The van der Waals surface area contributed by atoms with Crippen molar-refractivity contribution in [1.29, 1.82) is 0 Å². The number of H-pyrrole nitrogens is 1. The molecule has 17 heavy (non-hydrogen) atoms. The Morgan fingerprint density at radius 3 is 2.88 bits per heavy atom. The van der Waals surface area contributed by atoms with Gasteiger partial charge in [-0.05, 0) is 13.8 Å². The van der Waals surface area contributed by atoms with Crippen LogP contribution in [0.15, 0.2) is 10.9 Å². The third-order valence-corrected chi connectivity index (χ3v) is 2.62. The van der Waals surface area contributed by atoms with Gasteiger partial charge in [0, 0.05) is 19.5 Å². The topological polar surface area (TPSA) is 79.3 Å². The van der Waals surface area contributed by atoms with Gasteiger partial charge in [0.1, 0.15) is 5.65 Å². The number of fused-ring (bicyclic) bond motifs is 1. The first-order valence-corrected chi connectivity index (χ1v) is 5.31. The smallest absolute Gasteiger partial charge is 0.256 e. The SMILES string of the molecule is CC(=O)NCc1c(C)n2nc(C)cc2[nH]c1=O. The number of nitrogens with zero attached hydrogens (tertiary/aromatic N) is 2. The quantitative estimate of drug-likeness (QED) is 0.783. The van der Waals surface area contributed by atoms with Crippen molar-refractivity contribution in [2.45, 2.75) is 27.3 Å². The van der Waals surface area contributed by atoms with E-state index in [1.54, 1.807) is 10.6 Å². The molecule has 90 valence electrons. The molecular formula is C11H14N4O2. The van der Waals surface area contributed by atoms with Crippen LogP contribution in [0.3, 0.4) is 0 Å². The minimum Gasteiger partial charge on any atom is -0.352 e. The lowest BCUT2D eigenvalue weighted by Gasteiger charge is -2.07. The van der Waals surface area contributed by atoms with E-state index in [1.807, 2.05) is 13.8 Å². The average Bonchev–Trinajstić information content (AvgIpc) is 2.58. The maximum atomic E-state index is 11.8. The van der Waals surface area contributed by atoms with E-state index < -0.39 is 0 Å². The summed E-state index contributed by atoms with van der Waals surface area (Å²) in [6.45, 7) is 5.30. The molecule has 0 aliphatic heterocycles. The van der Waals surface area contributed by atoms with Crippen molar-refractivity contribution in [2.24, 2.45) is 0 Å². The van der Waals surface area contributed by atoms with E-state index in [1.165, 1.54) is 6.92 Å². The van der Waals surface area contributed by atoms with E-state index in [2.05, 4.69) is 15.4 Å². The van der Waals surface area contributed by atoms with Crippen LogP contribution < -0.4 is 10.9 Å². The summed E-state index contributed by atoms with van der Waals surface area (Å²) in [5.41, 5.74) is 2.57. The van der Waals surface area contributed by atoms with Gasteiger partial charge in [0.25, 0.3) is 5.56 Å². The van der Waals surface area contributed by atoms with Gasteiger partial charge in [-0.3, -0.25) is 9.59 Å². The summed E-state index contributed by atoms with van der Waals surface area (Å²) in [4.78, 5) is 25.4. The van der Waals surface area contributed by atoms with Crippen molar-refractivity contribution in [1.82, 2.24) is 19.9 Å². The fourth-order valence-corrected chi connectivity index (χ4v) is 1.75. The summed E-state index contributed by atoms with van der Waals surface area (Å²) < 4.78 is 1.67. The van der Waals surface area contributed by atoms with Gasteiger partial charge < -0.3 is 10.3 Å². The Morgan fingerprint density at radius 1 is 1.53 bits per heavy atom. The van der Waals surface area contributed by atoms with Gasteiger partial charge in [0.2, 0.25) is 5.91 Å². The lowest BCUT2D eigenvalue weighted by atomic mass is 10.2. The summed E-state index contributed by atoms with van der Waals surface area (Å²) in [5.74, 6) is -0.166. The van der Waals surface area contributed by atoms with Crippen molar-refractivity contribution >= 4 is 11.6 Å². The predicted octanol–water partition coefficient (Wildman–Crippen LogP) is 0.276. The summed E-state index contributed by atoms with van der Waals surface area (Å²) in [6, 6.07) is 1.80. The monoisotopic (exact) mass is 234 g/mol. The number of amides is 1. The fourth-order valence-electron chi connectivity index (χ4n) is 1.75. The second-order valence-electron chi connectivity index (χ2n) is 4.01. The highest BCUT2D eigenvalue weighted by atomic mass is 16.1. The number of carbonyl (C=O) groups is 1. The largest absolute Gasteiger partial charge is 0.352 e. The molecule has 6 nitrogen and oxygen atoms in total. The molecule has 0 aliphatic carbocycles. The molecule has 6 heteroatoms. The van der Waals surface area contributed by atoms with Crippen molar-refractivity contribution in [2.75, 3.05) is 0 Å². The molecule has 0 atom stereocenters. The van der Waals surface area contributed by atoms with Gasteiger partial charge in [-0.15, -0.1) is 0 Å². The zero-order valence-electron chi connectivity index (χ0n) is 10.00. The summed E-state index contributed by atoms with van der Waals surface area (Å²) in [7, 11) is 0. The first-order chi connectivity index (χ1) is 7.99. The Balaban J connectivity index is 2.55. The molecule has 2 heterocycles. The van der Waals surface area contributed by atoms with Crippen LogP contribution in [0.25, 0.3) is 5.65 Å². The van der Waals surface area contributed by atoms with E-state index >= 15 is 0 Å². The number of aryl methyl sites for hydroxylation is 2. The highest BCUT2D eigenvalue weighted by Crippen LogP contribution is 2.07.